The number of carbonyl (C=O) groups is 1. The third-order valence-electron chi connectivity index (χ3n) is 5.85. The summed E-state index contributed by atoms with van der Waals surface area (Å²) in [6, 6.07) is 0.551. The van der Waals surface area contributed by atoms with Gasteiger partial charge >= 0.3 is 0 Å². The van der Waals surface area contributed by atoms with Crippen molar-refractivity contribution in [1.29, 1.82) is 0 Å². The fourth-order valence-electron chi connectivity index (χ4n) is 4.50. The summed E-state index contributed by atoms with van der Waals surface area (Å²) in [7, 11) is 4.15. The van der Waals surface area contributed by atoms with Gasteiger partial charge in [0.25, 0.3) is 0 Å². The van der Waals surface area contributed by atoms with Crippen LogP contribution in [0.3, 0.4) is 0 Å². The van der Waals surface area contributed by atoms with Crippen molar-refractivity contribution in [3.63, 3.8) is 0 Å². The molecule has 2 N–H and O–H groups in total. The second-order valence-electron chi connectivity index (χ2n) is 6.92. The van der Waals surface area contributed by atoms with Crippen LogP contribution in [0.5, 0.6) is 0 Å². The van der Waals surface area contributed by atoms with Gasteiger partial charge < -0.3 is 15.5 Å². The molecule has 0 aromatic carbocycles. The lowest BCUT2D eigenvalue weighted by molar-refractivity contribution is -0.139. The van der Waals surface area contributed by atoms with E-state index in [1.54, 1.807) is 0 Å². The van der Waals surface area contributed by atoms with Crippen molar-refractivity contribution in [2.45, 2.75) is 44.2 Å². The van der Waals surface area contributed by atoms with Crippen LogP contribution in [0.1, 0.15) is 32.1 Å². The topological polar surface area (TPSA) is 49.6 Å². The number of amides is 1. The van der Waals surface area contributed by atoms with E-state index < -0.39 is 0 Å². The molecular weight excluding hydrogens is 274 g/mol. The Morgan fingerprint density at radius 2 is 1.75 bits per heavy atom. The second kappa shape index (κ2) is 6.20. The van der Waals surface area contributed by atoms with E-state index in [1.807, 2.05) is 11.9 Å². The second-order valence-corrected chi connectivity index (χ2v) is 6.92. The first-order chi connectivity index (χ1) is 9.08. The summed E-state index contributed by atoms with van der Waals surface area (Å²) in [5.41, 5.74) is 6.30. The van der Waals surface area contributed by atoms with Crippen LogP contribution in [0.4, 0.5) is 0 Å². The highest BCUT2D eigenvalue weighted by atomic mass is 35.5. The molecule has 116 valence electrons. The van der Waals surface area contributed by atoms with Gasteiger partial charge in [-0.2, -0.15) is 0 Å². The molecule has 5 heteroatoms. The Balaban J connectivity index is 0.00000147. The zero-order valence-corrected chi connectivity index (χ0v) is 13.4. The van der Waals surface area contributed by atoms with Crippen LogP contribution in [0.15, 0.2) is 0 Å². The number of likely N-dealkylation sites (tertiary alicyclic amines) is 1. The number of fused-ring (bicyclic) bond motifs is 2. The van der Waals surface area contributed by atoms with Gasteiger partial charge in [-0.3, -0.25) is 4.79 Å². The van der Waals surface area contributed by atoms with Gasteiger partial charge in [0.2, 0.25) is 5.91 Å². The average molecular weight is 302 g/mol. The van der Waals surface area contributed by atoms with E-state index in [0.717, 1.165) is 25.9 Å². The molecule has 4 unspecified atom stereocenters. The molecule has 3 aliphatic rings. The quantitative estimate of drug-likeness (QED) is 0.837. The van der Waals surface area contributed by atoms with Crippen LogP contribution >= 0.6 is 12.4 Å². The minimum Gasteiger partial charge on any atom is -0.342 e. The number of nitrogens with two attached hydrogens (primary N) is 1. The van der Waals surface area contributed by atoms with E-state index in [2.05, 4.69) is 11.9 Å². The Bertz CT molecular complexity index is 355. The Morgan fingerprint density at radius 1 is 1.15 bits per heavy atom. The first-order valence-electron chi connectivity index (χ1n) is 7.78. The summed E-state index contributed by atoms with van der Waals surface area (Å²) in [5.74, 6) is 1.63. The molecule has 0 radical (unpaired) electrons. The normalized spacial score (nSPS) is 37.8. The van der Waals surface area contributed by atoms with Crippen LogP contribution in [0.25, 0.3) is 0 Å². The van der Waals surface area contributed by atoms with E-state index in [0.29, 0.717) is 23.8 Å². The smallest absolute Gasteiger partial charge is 0.227 e. The van der Waals surface area contributed by atoms with Gasteiger partial charge in [-0.05, 0) is 64.1 Å². The molecule has 20 heavy (non-hydrogen) atoms. The number of hydrogen-bond acceptors (Lipinski definition) is 3. The molecule has 2 saturated carbocycles. The number of hydrogen-bond donors (Lipinski definition) is 1. The number of halogens is 1. The van der Waals surface area contributed by atoms with Crippen LogP contribution in [0, 0.1) is 17.8 Å². The number of carbonyl (C=O) groups excluding carboxylic acids is 1. The third kappa shape index (κ3) is 2.70. The first kappa shape index (κ1) is 16.1. The van der Waals surface area contributed by atoms with Gasteiger partial charge in [-0.25, -0.2) is 0 Å². The lowest BCUT2D eigenvalue weighted by Gasteiger charge is -2.38. The molecule has 0 aromatic rings. The lowest BCUT2D eigenvalue weighted by Crippen LogP contribution is -2.51. The lowest BCUT2D eigenvalue weighted by atomic mass is 9.83. The maximum atomic E-state index is 12.8. The van der Waals surface area contributed by atoms with Gasteiger partial charge in [-0.1, -0.05) is 0 Å². The molecular formula is C15H28ClN3O. The molecule has 1 aliphatic heterocycles. The summed E-state index contributed by atoms with van der Waals surface area (Å²) in [5, 5.41) is 0. The summed E-state index contributed by atoms with van der Waals surface area (Å²) in [6.07, 6.45) is 5.87. The monoisotopic (exact) mass is 301 g/mol. The van der Waals surface area contributed by atoms with E-state index in [9.17, 15) is 4.79 Å². The molecule has 4 atom stereocenters. The Hall–Kier alpha value is -0.320. The molecule has 1 heterocycles. The molecule has 0 aromatic heterocycles. The summed E-state index contributed by atoms with van der Waals surface area (Å²) in [6.45, 7) is 2.20. The predicted octanol–water partition coefficient (Wildman–Crippen LogP) is 1.33. The van der Waals surface area contributed by atoms with Crippen molar-refractivity contribution < 1.29 is 4.79 Å². The Kier molecular flexibility index (Phi) is 4.98. The van der Waals surface area contributed by atoms with E-state index >= 15 is 0 Å². The van der Waals surface area contributed by atoms with Crippen molar-refractivity contribution in [1.82, 2.24) is 9.80 Å². The van der Waals surface area contributed by atoms with Crippen molar-refractivity contribution in [3.8, 4) is 0 Å². The highest BCUT2D eigenvalue weighted by Gasteiger charge is 2.50. The van der Waals surface area contributed by atoms with E-state index in [-0.39, 0.29) is 24.4 Å². The van der Waals surface area contributed by atoms with Crippen LogP contribution in [-0.4, -0.2) is 55.0 Å². The van der Waals surface area contributed by atoms with E-state index in [4.69, 9.17) is 5.73 Å². The van der Waals surface area contributed by atoms with Crippen LogP contribution in [-0.2, 0) is 4.79 Å². The van der Waals surface area contributed by atoms with Gasteiger partial charge in [-0.15, -0.1) is 12.4 Å². The largest absolute Gasteiger partial charge is 0.342 e. The van der Waals surface area contributed by atoms with E-state index in [1.165, 1.54) is 19.3 Å². The minimum atomic E-state index is 0. The summed E-state index contributed by atoms with van der Waals surface area (Å²) >= 11 is 0. The summed E-state index contributed by atoms with van der Waals surface area (Å²) in [4.78, 5) is 17.1. The van der Waals surface area contributed by atoms with Crippen molar-refractivity contribution in [2.75, 3.05) is 27.2 Å². The van der Waals surface area contributed by atoms with Crippen molar-refractivity contribution >= 4 is 18.3 Å². The van der Waals surface area contributed by atoms with Crippen molar-refractivity contribution in [2.24, 2.45) is 23.5 Å². The molecule has 4 nitrogen and oxygen atoms in total. The first-order valence-corrected chi connectivity index (χ1v) is 7.78. The maximum Gasteiger partial charge on any atom is 0.227 e. The molecule has 3 fully saturated rings. The fraction of sp³-hybridized carbons (Fsp3) is 0.933. The van der Waals surface area contributed by atoms with Gasteiger partial charge in [0.1, 0.15) is 0 Å². The highest BCUT2D eigenvalue weighted by molar-refractivity contribution is 5.85. The molecule has 1 saturated heterocycles. The average Bonchev–Trinajstić information content (AvgIpc) is 2.99. The summed E-state index contributed by atoms with van der Waals surface area (Å²) < 4.78 is 0. The molecule has 0 spiro atoms. The van der Waals surface area contributed by atoms with Gasteiger partial charge in [0, 0.05) is 19.1 Å². The Labute approximate surface area is 128 Å². The standard InChI is InChI=1S/C15H27N3O.ClH/c1-17-7-5-12(6-8-17)18(2)15(19)13-10-3-4-11(9-10)14(13)16;/h10-14H,3-9,16H2,1-2H3;1H. The zero-order valence-electron chi connectivity index (χ0n) is 12.6. The van der Waals surface area contributed by atoms with Gasteiger partial charge in [0.05, 0.1) is 5.92 Å². The molecule has 2 aliphatic carbocycles. The number of piperidine rings is 1. The molecule has 2 bridgehead atoms. The predicted molar refractivity (Wildman–Crippen MR) is 82.8 cm³/mol. The fourth-order valence-corrected chi connectivity index (χ4v) is 4.50. The minimum absolute atomic E-state index is 0. The highest BCUT2D eigenvalue weighted by Crippen LogP contribution is 2.48. The van der Waals surface area contributed by atoms with Gasteiger partial charge in [0.15, 0.2) is 0 Å². The maximum absolute atomic E-state index is 12.8. The van der Waals surface area contributed by atoms with Crippen molar-refractivity contribution in [3.05, 3.63) is 0 Å². The number of rotatable bonds is 2. The Morgan fingerprint density at radius 3 is 2.30 bits per heavy atom. The third-order valence-corrected chi connectivity index (χ3v) is 5.85. The molecule has 3 rings (SSSR count). The zero-order chi connectivity index (χ0) is 13.6. The number of nitrogens with zero attached hydrogens (tertiary/aromatic N) is 2. The van der Waals surface area contributed by atoms with Crippen LogP contribution < -0.4 is 5.73 Å². The molecule has 1 amide bonds. The van der Waals surface area contributed by atoms with Crippen LogP contribution in [0.2, 0.25) is 0 Å². The SMILES string of the molecule is CN1CCC(N(C)C(=O)C2C3CCC(C3)C2N)CC1.Cl.